The molecule has 1 aliphatic heterocycles. The molecule has 9 heteroatoms. The predicted molar refractivity (Wildman–Crippen MR) is 83.6 cm³/mol. The van der Waals surface area contributed by atoms with Crippen LogP contribution in [0.4, 0.5) is 8.78 Å². The Labute approximate surface area is 143 Å². The Bertz CT molecular complexity index is 783. The van der Waals surface area contributed by atoms with Crippen LogP contribution in [0.25, 0.3) is 0 Å². The second kappa shape index (κ2) is 6.47. The van der Waals surface area contributed by atoms with Crippen LogP contribution in [0, 0.1) is 11.6 Å². The molecule has 1 aromatic heterocycles. The van der Waals surface area contributed by atoms with Crippen LogP contribution in [0.5, 0.6) is 0 Å². The molecule has 2 aromatic rings. The van der Waals surface area contributed by atoms with Crippen LogP contribution in [0.15, 0.2) is 18.2 Å². The lowest BCUT2D eigenvalue weighted by Gasteiger charge is -2.34. The lowest BCUT2D eigenvalue weighted by molar-refractivity contribution is 0.0623. The number of tetrazole rings is 1. The number of nitrogens with zero attached hydrogens (tertiary/aromatic N) is 6. The van der Waals surface area contributed by atoms with Gasteiger partial charge in [0.15, 0.2) is 17.5 Å². The van der Waals surface area contributed by atoms with Gasteiger partial charge in [-0.2, -0.15) is 0 Å². The van der Waals surface area contributed by atoms with E-state index < -0.39 is 11.6 Å². The molecule has 0 bridgehead atoms. The molecular formula is C16H18F2N6O. The molecule has 1 aromatic carbocycles. The van der Waals surface area contributed by atoms with E-state index in [0.717, 1.165) is 30.8 Å². The first-order valence-corrected chi connectivity index (χ1v) is 8.35. The molecule has 25 heavy (non-hydrogen) atoms. The third-order valence-corrected chi connectivity index (χ3v) is 4.64. The maximum absolute atomic E-state index is 13.3. The van der Waals surface area contributed by atoms with Crippen molar-refractivity contribution in [1.82, 2.24) is 30.0 Å². The Morgan fingerprint density at radius 3 is 2.56 bits per heavy atom. The van der Waals surface area contributed by atoms with Crippen LogP contribution in [-0.2, 0) is 6.54 Å². The molecule has 1 saturated carbocycles. The number of carbonyl (C=O) groups is 1. The maximum atomic E-state index is 13.3. The van der Waals surface area contributed by atoms with Crippen molar-refractivity contribution in [2.24, 2.45) is 0 Å². The highest BCUT2D eigenvalue weighted by Gasteiger charge is 2.29. The summed E-state index contributed by atoms with van der Waals surface area (Å²) in [6.45, 7) is 3.09. The second-order valence-corrected chi connectivity index (χ2v) is 6.47. The predicted octanol–water partition coefficient (Wildman–Crippen LogP) is 1.24. The molecule has 0 atom stereocenters. The number of aromatic nitrogens is 4. The molecule has 0 unspecified atom stereocenters. The summed E-state index contributed by atoms with van der Waals surface area (Å²) in [5.41, 5.74) is 0.171. The van der Waals surface area contributed by atoms with Crippen molar-refractivity contribution in [2.75, 3.05) is 26.2 Å². The number of carbonyl (C=O) groups excluding carboxylic acids is 1. The van der Waals surface area contributed by atoms with E-state index in [-0.39, 0.29) is 11.5 Å². The van der Waals surface area contributed by atoms with Gasteiger partial charge >= 0.3 is 0 Å². The van der Waals surface area contributed by atoms with E-state index >= 15 is 0 Å². The fourth-order valence-electron chi connectivity index (χ4n) is 3.04. The first-order chi connectivity index (χ1) is 12.1. The zero-order valence-electron chi connectivity index (χ0n) is 13.6. The highest BCUT2D eigenvalue weighted by molar-refractivity contribution is 5.94. The Hall–Kier alpha value is -2.42. The van der Waals surface area contributed by atoms with E-state index in [1.54, 1.807) is 4.90 Å². The summed E-state index contributed by atoms with van der Waals surface area (Å²) in [7, 11) is 0. The van der Waals surface area contributed by atoms with Crippen LogP contribution < -0.4 is 0 Å². The van der Waals surface area contributed by atoms with Crippen molar-refractivity contribution in [3.63, 3.8) is 0 Å². The van der Waals surface area contributed by atoms with E-state index in [0.29, 0.717) is 38.8 Å². The number of halogens is 2. The van der Waals surface area contributed by atoms with Gasteiger partial charge in [-0.3, -0.25) is 9.69 Å². The summed E-state index contributed by atoms with van der Waals surface area (Å²) in [5, 5.41) is 11.9. The summed E-state index contributed by atoms with van der Waals surface area (Å²) >= 11 is 0. The molecule has 2 heterocycles. The molecule has 1 saturated heterocycles. The van der Waals surface area contributed by atoms with Crippen molar-refractivity contribution in [1.29, 1.82) is 0 Å². The fraction of sp³-hybridized carbons (Fsp3) is 0.500. The molecule has 0 radical (unpaired) electrons. The molecule has 132 valence electrons. The third kappa shape index (κ3) is 3.37. The Kier molecular flexibility index (Phi) is 4.16. The SMILES string of the molecule is O=C(c1ccc(F)c(F)c1)N1CCN(Cc2nnnn2C2CC2)CC1. The van der Waals surface area contributed by atoms with Gasteiger partial charge in [0.1, 0.15) is 0 Å². The van der Waals surface area contributed by atoms with E-state index in [9.17, 15) is 13.6 Å². The second-order valence-electron chi connectivity index (χ2n) is 6.47. The van der Waals surface area contributed by atoms with Gasteiger partial charge in [-0.1, -0.05) is 0 Å². The largest absolute Gasteiger partial charge is 0.336 e. The van der Waals surface area contributed by atoms with Crippen molar-refractivity contribution in [3.05, 3.63) is 41.2 Å². The number of amides is 1. The molecule has 2 aliphatic rings. The zero-order chi connectivity index (χ0) is 17.4. The minimum atomic E-state index is -1.00. The standard InChI is InChI=1S/C16H18F2N6O/c17-13-4-1-11(9-14(13)18)16(25)23-7-5-22(6-8-23)10-15-19-20-21-24(15)12-2-3-12/h1,4,9,12H,2-3,5-8,10H2. The van der Waals surface area contributed by atoms with E-state index in [2.05, 4.69) is 20.4 Å². The van der Waals surface area contributed by atoms with E-state index in [1.807, 2.05) is 4.68 Å². The van der Waals surface area contributed by atoms with Gasteiger partial charge in [0, 0.05) is 31.7 Å². The topological polar surface area (TPSA) is 67.2 Å². The summed E-state index contributed by atoms with van der Waals surface area (Å²) in [6, 6.07) is 3.68. The van der Waals surface area contributed by atoms with Gasteiger partial charge < -0.3 is 4.90 Å². The molecule has 0 spiro atoms. The normalized spacial score (nSPS) is 18.6. The lowest BCUT2D eigenvalue weighted by Crippen LogP contribution is -2.48. The number of hydrogen-bond acceptors (Lipinski definition) is 5. The van der Waals surface area contributed by atoms with E-state index in [4.69, 9.17) is 0 Å². The quantitative estimate of drug-likeness (QED) is 0.832. The average Bonchev–Trinajstić information content (AvgIpc) is 3.37. The number of hydrogen-bond donors (Lipinski definition) is 0. The summed E-state index contributed by atoms with van der Waals surface area (Å²) < 4.78 is 28.2. The highest BCUT2D eigenvalue weighted by Crippen LogP contribution is 2.34. The molecule has 7 nitrogen and oxygen atoms in total. The van der Waals surface area contributed by atoms with Crippen LogP contribution in [-0.4, -0.2) is 62.1 Å². The lowest BCUT2D eigenvalue weighted by atomic mass is 10.1. The Morgan fingerprint density at radius 1 is 1.12 bits per heavy atom. The van der Waals surface area contributed by atoms with Crippen LogP contribution in [0.2, 0.25) is 0 Å². The van der Waals surface area contributed by atoms with Crippen molar-refractivity contribution < 1.29 is 13.6 Å². The minimum Gasteiger partial charge on any atom is -0.336 e. The molecule has 0 N–H and O–H groups in total. The highest BCUT2D eigenvalue weighted by atomic mass is 19.2. The Balaban J connectivity index is 1.35. The number of rotatable bonds is 4. The monoisotopic (exact) mass is 348 g/mol. The molecule has 1 amide bonds. The van der Waals surface area contributed by atoms with Crippen molar-refractivity contribution in [2.45, 2.75) is 25.4 Å². The van der Waals surface area contributed by atoms with Crippen LogP contribution in [0.1, 0.15) is 35.1 Å². The molecule has 1 aliphatic carbocycles. The maximum Gasteiger partial charge on any atom is 0.254 e. The number of piperazine rings is 1. The minimum absolute atomic E-state index is 0.171. The third-order valence-electron chi connectivity index (χ3n) is 4.64. The van der Waals surface area contributed by atoms with Crippen LogP contribution >= 0.6 is 0 Å². The van der Waals surface area contributed by atoms with Crippen LogP contribution in [0.3, 0.4) is 0 Å². The summed E-state index contributed by atoms with van der Waals surface area (Å²) in [4.78, 5) is 16.3. The van der Waals surface area contributed by atoms with Gasteiger partial charge in [0.2, 0.25) is 0 Å². The summed E-state index contributed by atoms with van der Waals surface area (Å²) in [6.07, 6.45) is 2.24. The fourth-order valence-corrected chi connectivity index (χ4v) is 3.04. The first kappa shape index (κ1) is 16.1. The van der Waals surface area contributed by atoms with Gasteiger partial charge in [-0.15, -0.1) is 5.10 Å². The van der Waals surface area contributed by atoms with Gasteiger partial charge in [-0.05, 0) is 41.5 Å². The van der Waals surface area contributed by atoms with Gasteiger partial charge in [0.25, 0.3) is 5.91 Å². The first-order valence-electron chi connectivity index (χ1n) is 8.35. The smallest absolute Gasteiger partial charge is 0.254 e. The molecule has 2 fully saturated rings. The Morgan fingerprint density at radius 2 is 1.88 bits per heavy atom. The molecule has 4 rings (SSSR count). The van der Waals surface area contributed by atoms with Gasteiger partial charge in [0.05, 0.1) is 12.6 Å². The zero-order valence-corrected chi connectivity index (χ0v) is 13.6. The summed E-state index contributed by atoms with van der Waals surface area (Å²) in [5.74, 6) is -1.38. The van der Waals surface area contributed by atoms with Gasteiger partial charge in [-0.25, -0.2) is 13.5 Å². The number of benzene rings is 1. The molecular weight excluding hydrogens is 330 g/mol. The van der Waals surface area contributed by atoms with Crippen molar-refractivity contribution in [3.8, 4) is 0 Å². The average molecular weight is 348 g/mol. The van der Waals surface area contributed by atoms with E-state index in [1.165, 1.54) is 6.07 Å². The van der Waals surface area contributed by atoms with Crippen molar-refractivity contribution >= 4 is 5.91 Å².